The van der Waals surface area contributed by atoms with Crippen LogP contribution in [0.2, 0.25) is 0 Å². The second-order valence-corrected chi connectivity index (χ2v) is 9.25. The normalized spacial score (nSPS) is 13.8. The molecule has 0 spiro atoms. The minimum absolute atomic E-state index is 0.345. The molecule has 0 amide bonds. The molecule has 7 heteroatoms. The van der Waals surface area contributed by atoms with E-state index < -0.39 is 10.0 Å². The lowest BCUT2D eigenvalue weighted by atomic mass is 9.93. The number of hydrogen-bond donors (Lipinski definition) is 1. The predicted molar refractivity (Wildman–Crippen MR) is 107 cm³/mol. The average Bonchev–Trinajstić information content (AvgIpc) is 3.15. The molecule has 0 radical (unpaired) electrons. The van der Waals surface area contributed by atoms with Crippen LogP contribution >= 0.6 is 0 Å². The number of sulfonamides is 1. The largest absolute Gasteiger partial charge is 0.496 e. The van der Waals surface area contributed by atoms with Crippen molar-refractivity contribution in [3.8, 4) is 5.75 Å². The highest BCUT2D eigenvalue weighted by Gasteiger charge is 2.23. The lowest BCUT2D eigenvalue weighted by molar-refractivity contribution is 0.407. The molecule has 1 aliphatic carbocycles. The van der Waals surface area contributed by atoms with Crippen LogP contribution in [0.3, 0.4) is 0 Å². The molecule has 1 N–H and O–H groups in total. The maximum Gasteiger partial charge on any atom is 0.208 e. The molecule has 0 saturated carbocycles. The van der Waals surface area contributed by atoms with E-state index in [1.807, 2.05) is 11.6 Å². The Labute approximate surface area is 162 Å². The van der Waals surface area contributed by atoms with Gasteiger partial charge in [-0.3, -0.25) is 4.68 Å². The van der Waals surface area contributed by atoms with Gasteiger partial charge in [-0.25, -0.2) is 13.1 Å². The molecule has 0 atom stereocenters. The fraction of sp³-hybridized carbons (Fsp3) is 0.550. The number of aryl methyl sites for hydroxylation is 2. The van der Waals surface area contributed by atoms with E-state index in [2.05, 4.69) is 29.7 Å². The lowest BCUT2D eigenvalue weighted by Crippen LogP contribution is -2.26. The van der Waals surface area contributed by atoms with Crippen LogP contribution < -0.4 is 9.46 Å². The van der Waals surface area contributed by atoms with E-state index in [9.17, 15) is 8.42 Å². The number of fused-ring (bicyclic) bond motifs is 1. The first-order chi connectivity index (χ1) is 12.7. The van der Waals surface area contributed by atoms with Gasteiger partial charge in [-0.1, -0.05) is 6.07 Å². The summed E-state index contributed by atoms with van der Waals surface area (Å²) in [5.74, 6) is 1.04. The van der Waals surface area contributed by atoms with E-state index in [0.717, 1.165) is 36.4 Å². The highest BCUT2D eigenvalue weighted by Crippen LogP contribution is 2.37. The molecule has 1 aliphatic rings. The number of aromatic nitrogens is 2. The molecule has 0 unspecified atom stereocenters. The van der Waals surface area contributed by atoms with Crippen LogP contribution in [0.5, 0.6) is 5.75 Å². The van der Waals surface area contributed by atoms with Crippen LogP contribution in [-0.2, 0) is 35.8 Å². The van der Waals surface area contributed by atoms with E-state index in [1.54, 1.807) is 7.11 Å². The molecule has 6 nitrogen and oxygen atoms in total. The first kappa shape index (κ1) is 19.9. The second-order valence-electron chi connectivity index (χ2n) is 7.41. The summed E-state index contributed by atoms with van der Waals surface area (Å²) < 4.78 is 32.6. The molecule has 148 valence electrons. The Morgan fingerprint density at radius 3 is 2.59 bits per heavy atom. The van der Waals surface area contributed by atoms with E-state index in [4.69, 9.17) is 4.74 Å². The summed E-state index contributed by atoms with van der Waals surface area (Å²) in [6, 6.07) is 2.25. The minimum Gasteiger partial charge on any atom is -0.496 e. The first-order valence-electron chi connectivity index (χ1n) is 9.37. The van der Waals surface area contributed by atoms with Gasteiger partial charge in [0.1, 0.15) is 5.75 Å². The minimum atomic E-state index is -3.18. The smallest absolute Gasteiger partial charge is 0.208 e. The van der Waals surface area contributed by atoms with Crippen molar-refractivity contribution in [1.29, 1.82) is 0 Å². The van der Waals surface area contributed by atoms with Gasteiger partial charge in [-0.05, 0) is 62.3 Å². The Balaban J connectivity index is 1.87. The summed E-state index contributed by atoms with van der Waals surface area (Å²) in [6.07, 6.45) is 5.39. The van der Waals surface area contributed by atoms with Crippen molar-refractivity contribution in [2.24, 2.45) is 0 Å². The summed E-state index contributed by atoms with van der Waals surface area (Å²) >= 11 is 0. The molecule has 27 heavy (non-hydrogen) atoms. The van der Waals surface area contributed by atoms with Gasteiger partial charge in [-0.2, -0.15) is 5.10 Å². The van der Waals surface area contributed by atoms with E-state index in [1.165, 1.54) is 40.5 Å². The zero-order valence-corrected chi connectivity index (χ0v) is 17.7. The fourth-order valence-corrected chi connectivity index (χ4v) is 4.64. The van der Waals surface area contributed by atoms with Crippen LogP contribution in [0.15, 0.2) is 6.07 Å². The number of ether oxygens (including phenoxy) is 1. The van der Waals surface area contributed by atoms with Gasteiger partial charge in [0.2, 0.25) is 10.0 Å². The Kier molecular flexibility index (Phi) is 5.63. The number of hydrogen-bond acceptors (Lipinski definition) is 4. The molecule has 3 rings (SSSR count). The van der Waals surface area contributed by atoms with Crippen molar-refractivity contribution in [3.63, 3.8) is 0 Å². The fourth-order valence-electron chi connectivity index (χ4n) is 4.18. The van der Waals surface area contributed by atoms with Crippen molar-refractivity contribution >= 4 is 10.0 Å². The molecule has 0 fully saturated rings. The molecule has 1 aromatic carbocycles. The number of methoxy groups -OCH3 is 1. The molecule has 1 aromatic heterocycles. The monoisotopic (exact) mass is 391 g/mol. The maximum atomic E-state index is 11.3. The van der Waals surface area contributed by atoms with Crippen LogP contribution in [0.1, 0.15) is 45.6 Å². The van der Waals surface area contributed by atoms with Gasteiger partial charge >= 0.3 is 0 Å². The van der Waals surface area contributed by atoms with Gasteiger partial charge < -0.3 is 4.74 Å². The van der Waals surface area contributed by atoms with Gasteiger partial charge in [0.25, 0.3) is 0 Å². The summed E-state index contributed by atoms with van der Waals surface area (Å²) in [4.78, 5) is 0. The number of benzene rings is 1. The van der Waals surface area contributed by atoms with Crippen molar-refractivity contribution in [2.75, 3.05) is 19.9 Å². The van der Waals surface area contributed by atoms with Crippen molar-refractivity contribution < 1.29 is 13.2 Å². The molecule has 1 heterocycles. The zero-order valence-electron chi connectivity index (χ0n) is 16.8. The third-order valence-corrected chi connectivity index (χ3v) is 6.15. The second kappa shape index (κ2) is 7.64. The Hall–Kier alpha value is -1.86. The predicted octanol–water partition coefficient (Wildman–Crippen LogP) is 2.45. The summed E-state index contributed by atoms with van der Waals surface area (Å²) in [5.41, 5.74) is 8.69. The Morgan fingerprint density at radius 1 is 1.22 bits per heavy atom. The van der Waals surface area contributed by atoms with E-state index in [-0.39, 0.29) is 0 Å². The third kappa shape index (κ3) is 4.19. The molecular weight excluding hydrogens is 362 g/mol. The number of nitrogens with one attached hydrogen (secondary N) is 1. The van der Waals surface area contributed by atoms with Crippen molar-refractivity contribution in [2.45, 2.75) is 53.0 Å². The summed E-state index contributed by atoms with van der Waals surface area (Å²) in [6.45, 7) is 7.07. The van der Waals surface area contributed by atoms with Gasteiger partial charge in [0.05, 0.1) is 25.6 Å². The molecule has 0 aliphatic heterocycles. The Bertz CT molecular complexity index is 962. The SMILES string of the molecule is COc1c(C)cc(Cc2c(C)nn(CCNS(C)(=O)=O)c2C)c2c1CCC2. The molecule has 2 aromatic rings. The van der Waals surface area contributed by atoms with Gasteiger partial charge in [-0.15, -0.1) is 0 Å². The first-order valence-corrected chi connectivity index (χ1v) is 11.3. The van der Waals surface area contributed by atoms with Crippen LogP contribution in [0, 0.1) is 20.8 Å². The van der Waals surface area contributed by atoms with Crippen molar-refractivity contribution in [3.05, 3.63) is 45.3 Å². The van der Waals surface area contributed by atoms with Crippen molar-refractivity contribution in [1.82, 2.24) is 14.5 Å². The van der Waals surface area contributed by atoms with Gasteiger partial charge in [0.15, 0.2) is 0 Å². The quantitative estimate of drug-likeness (QED) is 0.787. The lowest BCUT2D eigenvalue weighted by Gasteiger charge is -2.16. The highest BCUT2D eigenvalue weighted by atomic mass is 32.2. The number of nitrogens with zero attached hydrogens (tertiary/aromatic N) is 2. The van der Waals surface area contributed by atoms with Crippen LogP contribution in [-0.4, -0.2) is 38.1 Å². The van der Waals surface area contributed by atoms with E-state index >= 15 is 0 Å². The van der Waals surface area contributed by atoms with E-state index in [0.29, 0.717) is 13.1 Å². The third-order valence-electron chi connectivity index (χ3n) is 5.42. The summed E-state index contributed by atoms with van der Waals surface area (Å²) in [5, 5.41) is 4.63. The summed E-state index contributed by atoms with van der Waals surface area (Å²) in [7, 11) is -1.43. The zero-order chi connectivity index (χ0) is 19.8. The van der Waals surface area contributed by atoms with Crippen LogP contribution in [0.4, 0.5) is 0 Å². The Morgan fingerprint density at radius 2 is 1.93 bits per heavy atom. The standard InChI is InChI=1S/C20H29N3O3S/c1-13-11-16(17-7-6-8-18(17)20(13)26-4)12-19-14(2)22-23(15(19)3)10-9-21-27(5,24)25/h11,21H,6-10,12H2,1-5H3. The maximum absolute atomic E-state index is 11.3. The van der Waals surface area contributed by atoms with Gasteiger partial charge in [0, 0.05) is 24.2 Å². The molecular formula is C20H29N3O3S. The molecule has 0 bridgehead atoms. The average molecular weight is 392 g/mol. The highest BCUT2D eigenvalue weighted by molar-refractivity contribution is 7.88. The number of rotatable bonds is 7. The topological polar surface area (TPSA) is 73.2 Å². The van der Waals surface area contributed by atoms with Crippen LogP contribution in [0.25, 0.3) is 0 Å². The molecule has 0 saturated heterocycles.